The van der Waals surface area contributed by atoms with Gasteiger partial charge in [0.05, 0.1) is 23.0 Å². The van der Waals surface area contributed by atoms with Crippen molar-refractivity contribution in [2.24, 2.45) is 5.41 Å². The highest BCUT2D eigenvalue weighted by Gasteiger charge is 2.40. The molecule has 0 saturated carbocycles. The molecule has 3 atom stereocenters. The molecule has 5 rings (SSSR count). The van der Waals surface area contributed by atoms with Crippen LogP contribution in [0.15, 0.2) is 24.3 Å². The second-order valence-corrected chi connectivity index (χ2v) is 13.5. The zero-order chi connectivity index (χ0) is 34.6. The number of hydrogen-bond donors (Lipinski definition) is 4. The number of benzene rings is 1. The van der Waals surface area contributed by atoms with Crippen LogP contribution in [-0.2, 0) is 36.9 Å². The summed E-state index contributed by atoms with van der Waals surface area (Å²) in [5, 5.41) is 23.3. The van der Waals surface area contributed by atoms with Gasteiger partial charge in [-0.25, -0.2) is 0 Å². The Labute approximate surface area is 284 Å². The van der Waals surface area contributed by atoms with Crippen molar-refractivity contribution in [3.05, 3.63) is 46.2 Å². The average Bonchev–Trinajstić information content (AvgIpc) is 3.66. The van der Waals surface area contributed by atoms with E-state index in [1.54, 1.807) is 29.5 Å². The van der Waals surface area contributed by atoms with Gasteiger partial charge in [-0.2, -0.15) is 5.10 Å². The van der Waals surface area contributed by atoms with Crippen molar-refractivity contribution in [2.75, 3.05) is 39.4 Å². The van der Waals surface area contributed by atoms with Gasteiger partial charge in [0, 0.05) is 26.2 Å². The standard InChI is InChI=1S/C33H44ClN7O7/c1-20-29(34)22(3)41(38-20)16-28(44)39-12-9-33(10-13-39)15-23-6-4-7-24(14-23)48-18-27(43)36-21(2)32(47)40-11-5-8-26(40)31(46)37-25(17-42)30(45)35-19-33/h4,6-7,14,21,25-26,42H,5,8-13,15-19H2,1-3H3,(H,35,45)(H,36,43)(H,37,46)/t21-,25-,26-/m0/s1. The molecule has 15 heteroatoms. The van der Waals surface area contributed by atoms with E-state index in [2.05, 4.69) is 21.0 Å². The summed E-state index contributed by atoms with van der Waals surface area (Å²) in [7, 11) is 0. The van der Waals surface area contributed by atoms with E-state index in [0.29, 0.717) is 68.2 Å². The molecule has 3 aliphatic rings. The summed E-state index contributed by atoms with van der Waals surface area (Å²) in [5.41, 5.74) is 1.83. The largest absolute Gasteiger partial charge is 0.484 e. The zero-order valence-corrected chi connectivity index (χ0v) is 28.3. The predicted molar refractivity (Wildman–Crippen MR) is 175 cm³/mol. The monoisotopic (exact) mass is 685 g/mol. The van der Waals surface area contributed by atoms with Crippen molar-refractivity contribution in [1.29, 1.82) is 0 Å². The normalized spacial score (nSPS) is 24.1. The molecule has 2 fully saturated rings. The van der Waals surface area contributed by atoms with E-state index >= 15 is 0 Å². The van der Waals surface area contributed by atoms with Crippen LogP contribution in [-0.4, -0.2) is 112 Å². The number of aromatic nitrogens is 2. The predicted octanol–water partition coefficient (Wildman–Crippen LogP) is 0.486. The number of fused-ring (bicyclic) bond motifs is 3. The van der Waals surface area contributed by atoms with Crippen molar-refractivity contribution in [2.45, 2.75) is 77.5 Å². The van der Waals surface area contributed by atoms with E-state index in [-0.39, 0.29) is 25.6 Å². The topological polar surface area (TPSA) is 175 Å². The molecule has 3 aliphatic heterocycles. The Morgan fingerprint density at radius 2 is 1.85 bits per heavy atom. The Morgan fingerprint density at radius 3 is 2.54 bits per heavy atom. The highest BCUT2D eigenvalue weighted by Crippen LogP contribution is 2.36. The Hall–Kier alpha value is -4.17. The minimum Gasteiger partial charge on any atom is -0.484 e. The molecule has 4 N–H and O–H groups in total. The second-order valence-electron chi connectivity index (χ2n) is 13.1. The molecule has 4 heterocycles. The zero-order valence-electron chi connectivity index (χ0n) is 27.6. The highest BCUT2D eigenvalue weighted by atomic mass is 35.5. The maximum atomic E-state index is 13.4. The van der Waals surface area contributed by atoms with Gasteiger partial charge in [0.1, 0.15) is 30.4 Å². The van der Waals surface area contributed by atoms with Gasteiger partial charge in [0.2, 0.25) is 23.6 Å². The quantitative estimate of drug-likeness (QED) is 0.361. The molecule has 1 aromatic carbocycles. The van der Waals surface area contributed by atoms with E-state index in [1.165, 1.54) is 4.90 Å². The Balaban J connectivity index is 1.36. The molecule has 2 saturated heterocycles. The molecule has 2 bridgehead atoms. The number of likely N-dealkylation sites (tertiary alicyclic amines) is 1. The van der Waals surface area contributed by atoms with Crippen LogP contribution in [0.25, 0.3) is 0 Å². The molecular formula is C33H44ClN7O7. The van der Waals surface area contributed by atoms with Crippen LogP contribution in [0.2, 0.25) is 5.02 Å². The lowest BCUT2D eigenvalue weighted by Gasteiger charge is -2.42. The molecule has 2 aromatic rings. The van der Waals surface area contributed by atoms with Crippen molar-refractivity contribution < 1.29 is 33.8 Å². The minimum absolute atomic E-state index is 0.0662. The van der Waals surface area contributed by atoms with E-state index < -0.39 is 53.8 Å². The number of carbonyl (C=O) groups excluding carboxylic acids is 5. The number of rotatable bonds is 3. The van der Waals surface area contributed by atoms with Crippen LogP contribution >= 0.6 is 11.6 Å². The number of nitrogens with zero attached hydrogens (tertiary/aromatic N) is 4. The van der Waals surface area contributed by atoms with Gasteiger partial charge in [0.15, 0.2) is 6.61 Å². The third-order valence-corrected chi connectivity index (χ3v) is 10.2. The number of halogens is 1. The van der Waals surface area contributed by atoms with E-state index in [9.17, 15) is 29.1 Å². The molecule has 1 aromatic heterocycles. The lowest BCUT2D eigenvalue weighted by Crippen LogP contribution is -2.57. The van der Waals surface area contributed by atoms with Crippen LogP contribution in [0, 0.1) is 19.3 Å². The molecule has 5 amide bonds. The number of aliphatic hydroxyl groups excluding tert-OH is 1. The second kappa shape index (κ2) is 14.9. The maximum absolute atomic E-state index is 13.4. The number of nitrogens with one attached hydrogen (secondary N) is 3. The van der Waals surface area contributed by atoms with Crippen LogP contribution in [0.3, 0.4) is 0 Å². The third kappa shape index (κ3) is 7.92. The van der Waals surface area contributed by atoms with Crippen molar-refractivity contribution in [3.8, 4) is 5.75 Å². The summed E-state index contributed by atoms with van der Waals surface area (Å²) in [5.74, 6) is -1.60. The number of ether oxygens (including phenoxy) is 1. The van der Waals surface area contributed by atoms with Crippen molar-refractivity contribution in [1.82, 2.24) is 35.5 Å². The van der Waals surface area contributed by atoms with Gasteiger partial charge >= 0.3 is 0 Å². The molecule has 0 radical (unpaired) electrons. The number of piperidine rings is 1. The number of amides is 5. The van der Waals surface area contributed by atoms with E-state index in [0.717, 1.165) is 11.3 Å². The smallest absolute Gasteiger partial charge is 0.258 e. The van der Waals surface area contributed by atoms with E-state index in [1.807, 2.05) is 25.1 Å². The van der Waals surface area contributed by atoms with Crippen LogP contribution in [0.4, 0.5) is 0 Å². The van der Waals surface area contributed by atoms with Crippen LogP contribution in [0.1, 0.15) is 49.6 Å². The SMILES string of the molecule is Cc1nn(CC(=O)N2CCC3(CC2)CNC(=O)[C@H](CO)NC(=O)[C@@H]2CCCN2C(=O)[C@H](C)NC(=O)COc2cccc(c2)C3)c(C)c1Cl. The summed E-state index contributed by atoms with van der Waals surface area (Å²) in [4.78, 5) is 69.1. The van der Waals surface area contributed by atoms with Gasteiger partial charge in [-0.3, -0.25) is 28.7 Å². The van der Waals surface area contributed by atoms with Gasteiger partial charge in [-0.05, 0) is 76.0 Å². The van der Waals surface area contributed by atoms with Gasteiger partial charge in [-0.15, -0.1) is 0 Å². The molecule has 0 aliphatic carbocycles. The molecule has 14 nitrogen and oxygen atoms in total. The summed E-state index contributed by atoms with van der Waals surface area (Å²) in [6.07, 6.45) is 2.64. The average molecular weight is 686 g/mol. The fraction of sp³-hybridized carbons (Fsp3) is 0.576. The maximum Gasteiger partial charge on any atom is 0.258 e. The van der Waals surface area contributed by atoms with Gasteiger partial charge in [-0.1, -0.05) is 23.7 Å². The lowest BCUT2D eigenvalue weighted by molar-refractivity contribution is -0.142. The highest BCUT2D eigenvalue weighted by molar-refractivity contribution is 6.31. The fourth-order valence-electron chi connectivity index (χ4n) is 6.79. The number of aliphatic hydroxyl groups is 1. The number of carbonyl (C=O) groups is 5. The number of aryl methyl sites for hydroxylation is 1. The van der Waals surface area contributed by atoms with Crippen molar-refractivity contribution >= 4 is 41.1 Å². The van der Waals surface area contributed by atoms with Gasteiger partial charge in [0.25, 0.3) is 5.91 Å². The first-order valence-corrected chi connectivity index (χ1v) is 16.8. The molecule has 1 spiro atoms. The Bertz CT molecular complexity index is 1550. The Morgan fingerprint density at radius 1 is 1.10 bits per heavy atom. The van der Waals surface area contributed by atoms with Crippen LogP contribution in [0.5, 0.6) is 5.75 Å². The minimum atomic E-state index is -1.22. The third-order valence-electron chi connectivity index (χ3n) is 9.64. The molecule has 260 valence electrons. The molecule has 0 unspecified atom stereocenters. The summed E-state index contributed by atoms with van der Waals surface area (Å²) in [6.45, 7) is 5.75. The first-order valence-electron chi connectivity index (χ1n) is 16.4. The van der Waals surface area contributed by atoms with Crippen LogP contribution < -0.4 is 20.7 Å². The fourth-order valence-corrected chi connectivity index (χ4v) is 6.92. The summed E-state index contributed by atoms with van der Waals surface area (Å²) >= 11 is 6.28. The number of hydrogen-bond acceptors (Lipinski definition) is 8. The van der Waals surface area contributed by atoms with Crippen molar-refractivity contribution in [3.63, 3.8) is 0 Å². The molecule has 48 heavy (non-hydrogen) atoms. The first-order chi connectivity index (χ1) is 22.9. The van der Waals surface area contributed by atoms with Gasteiger partial charge < -0.3 is 35.6 Å². The van der Waals surface area contributed by atoms with E-state index in [4.69, 9.17) is 16.3 Å². The molecular weight excluding hydrogens is 642 g/mol. The first kappa shape index (κ1) is 35.1. The summed E-state index contributed by atoms with van der Waals surface area (Å²) < 4.78 is 7.40. The summed E-state index contributed by atoms with van der Waals surface area (Å²) in [6, 6.07) is 4.39. The lowest BCUT2D eigenvalue weighted by atomic mass is 9.73. The Kier molecular flexibility index (Phi) is 10.9.